The highest BCUT2D eigenvalue weighted by molar-refractivity contribution is 5.88. The molecule has 0 aromatic rings. The second-order valence-electron chi connectivity index (χ2n) is 9.13. The number of carbonyl (C=O) groups excluding carboxylic acids is 2. The quantitative estimate of drug-likeness (QED) is 0.559. The van der Waals surface area contributed by atoms with E-state index in [1.807, 2.05) is 13.8 Å². The van der Waals surface area contributed by atoms with E-state index < -0.39 is 23.3 Å². The van der Waals surface area contributed by atoms with E-state index in [0.29, 0.717) is 0 Å². The maximum atomic E-state index is 13.4. The SMILES string of the molecule is CC(C)OC(=O)C(C1CCCCC1)C(C#N)(C(=O)OC(C)C)C1CCCCC1. The van der Waals surface area contributed by atoms with Gasteiger partial charge in [-0.05, 0) is 65.2 Å². The molecule has 2 saturated carbocycles. The fourth-order valence-electron chi connectivity index (χ4n) is 5.15. The first-order valence-electron chi connectivity index (χ1n) is 11.2. The van der Waals surface area contributed by atoms with Gasteiger partial charge in [0.2, 0.25) is 0 Å². The first kappa shape index (κ1) is 22.7. The lowest BCUT2D eigenvalue weighted by Gasteiger charge is -2.43. The number of ether oxygens (including phenoxy) is 2. The summed E-state index contributed by atoms with van der Waals surface area (Å²) in [6.07, 6.45) is 9.00. The standard InChI is InChI=1S/C23H37NO4/c1-16(2)27-21(25)20(18-11-7-5-8-12-18)23(15-24,22(26)28-17(3)4)19-13-9-6-10-14-19/h16-20H,5-14H2,1-4H3. The molecule has 5 heteroatoms. The Bertz CT molecular complexity index is 568. The number of nitriles is 1. The van der Waals surface area contributed by atoms with Gasteiger partial charge in [-0.1, -0.05) is 38.5 Å². The minimum absolute atomic E-state index is 0.00119. The van der Waals surface area contributed by atoms with E-state index in [0.717, 1.165) is 64.2 Å². The van der Waals surface area contributed by atoms with E-state index in [4.69, 9.17) is 9.47 Å². The maximum absolute atomic E-state index is 13.4. The average Bonchev–Trinajstić information content (AvgIpc) is 2.66. The van der Waals surface area contributed by atoms with Gasteiger partial charge >= 0.3 is 11.9 Å². The van der Waals surface area contributed by atoms with Gasteiger partial charge in [0, 0.05) is 0 Å². The molecule has 0 radical (unpaired) electrons. The highest BCUT2D eigenvalue weighted by Crippen LogP contribution is 2.50. The van der Waals surface area contributed by atoms with E-state index in [-0.39, 0.29) is 24.0 Å². The molecular formula is C23H37NO4. The molecule has 0 amide bonds. The maximum Gasteiger partial charge on any atom is 0.327 e. The summed E-state index contributed by atoms with van der Waals surface area (Å²) in [5.41, 5.74) is -1.45. The van der Waals surface area contributed by atoms with Gasteiger partial charge < -0.3 is 9.47 Å². The molecule has 0 saturated heterocycles. The molecule has 0 heterocycles. The van der Waals surface area contributed by atoms with Gasteiger partial charge in [-0.2, -0.15) is 5.26 Å². The second-order valence-corrected chi connectivity index (χ2v) is 9.13. The van der Waals surface area contributed by atoms with Crippen molar-refractivity contribution >= 4 is 11.9 Å². The summed E-state index contributed by atoms with van der Waals surface area (Å²) in [5.74, 6) is -1.80. The van der Waals surface area contributed by atoms with Gasteiger partial charge in [0.25, 0.3) is 0 Å². The number of rotatable bonds is 7. The van der Waals surface area contributed by atoms with Gasteiger partial charge in [-0.15, -0.1) is 0 Å². The normalized spacial score (nSPS) is 22.3. The van der Waals surface area contributed by atoms with Crippen LogP contribution in [0.15, 0.2) is 0 Å². The third-order valence-corrected chi connectivity index (χ3v) is 6.33. The Morgan fingerprint density at radius 3 is 1.82 bits per heavy atom. The van der Waals surface area contributed by atoms with Crippen molar-refractivity contribution in [1.29, 1.82) is 5.26 Å². The third-order valence-electron chi connectivity index (χ3n) is 6.33. The highest BCUT2D eigenvalue weighted by atomic mass is 16.6. The highest BCUT2D eigenvalue weighted by Gasteiger charge is 2.59. The Morgan fingerprint density at radius 2 is 1.36 bits per heavy atom. The summed E-state index contributed by atoms with van der Waals surface area (Å²) >= 11 is 0. The Morgan fingerprint density at radius 1 is 0.857 bits per heavy atom. The summed E-state index contributed by atoms with van der Waals surface area (Å²) in [6.45, 7) is 7.22. The van der Waals surface area contributed by atoms with Gasteiger partial charge in [0.1, 0.15) is 0 Å². The van der Waals surface area contributed by atoms with E-state index >= 15 is 0 Å². The molecule has 2 fully saturated rings. The minimum atomic E-state index is -1.45. The summed E-state index contributed by atoms with van der Waals surface area (Å²) in [6, 6.07) is 2.37. The molecule has 0 aromatic carbocycles. The van der Waals surface area contributed by atoms with Crippen molar-refractivity contribution in [3.63, 3.8) is 0 Å². The molecule has 0 spiro atoms. The number of esters is 2. The topological polar surface area (TPSA) is 76.4 Å². The van der Waals surface area contributed by atoms with Crippen LogP contribution in [0.5, 0.6) is 0 Å². The predicted molar refractivity (Wildman–Crippen MR) is 107 cm³/mol. The third kappa shape index (κ3) is 5.07. The van der Waals surface area contributed by atoms with Crippen molar-refractivity contribution in [2.24, 2.45) is 23.2 Å². The zero-order chi connectivity index (χ0) is 20.7. The lowest BCUT2D eigenvalue weighted by atomic mass is 9.57. The molecule has 0 aliphatic heterocycles. The number of hydrogen-bond acceptors (Lipinski definition) is 5. The van der Waals surface area contributed by atoms with Crippen molar-refractivity contribution in [3.8, 4) is 6.07 Å². The molecule has 28 heavy (non-hydrogen) atoms. The lowest BCUT2D eigenvalue weighted by molar-refractivity contribution is -0.178. The molecule has 5 nitrogen and oxygen atoms in total. The first-order valence-corrected chi connectivity index (χ1v) is 11.2. The molecule has 2 aliphatic carbocycles. The largest absolute Gasteiger partial charge is 0.463 e. The molecule has 0 bridgehead atoms. The van der Waals surface area contributed by atoms with Gasteiger partial charge in [0.15, 0.2) is 5.41 Å². The number of carbonyl (C=O) groups is 2. The van der Waals surface area contributed by atoms with Gasteiger partial charge in [-0.3, -0.25) is 9.59 Å². The van der Waals surface area contributed by atoms with Crippen molar-refractivity contribution < 1.29 is 19.1 Å². The summed E-state index contributed by atoms with van der Waals surface area (Å²) in [4.78, 5) is 26.7. The van der Waals surface area contributed by atoms with Crippen LogP contribution >= 0.6 is 0 Å². The van der Waals surface area contributed by atoms with E-state index in [1.54, 1.807) is 13.8 Å². The molecule has 2 atom stereocenters. The van der Waals surface area contributed by atoms with Crippen molar-refractivity contribution in [1.82, 2.24) is 0 Å². The van der Waals surface area contributed by atoms with Gasteiger partial charge in [0.05, 0.1) is 24.2 Å². The zero-order valence-corrected chi connectivity index (χ0v) is 18.0. The summed E-state index contributed by atoms with van der Waals surface area (Å²) < 4.78 is 11.2. The molecule has 158 valence electrons. The number of nitrogens with zero attached hydrogens (tertiary/aromatic N) is 1. The van der Waals surface area contributed by atoms with Gasteiger partial charge in [-0.25, -0.2) is 0 Å². The van der Waals surface area contributed by atoms with Crippen molar-refractivity contribution in [3.05, 3.63) is 0 Å². The van der Waals surface area contributed by atoms with Crippen LogP contribution in [-0.2, 0) is 19.1 Å². The zero-order valence-electron chi connectivity index (χ0n) is 18.0. The lowest BCUT2D eigenvalue weighted by Crippen LogP contribution is -2.53. The Balaban J connectivity index is 2.52. The average molecular weight is 392 g/mol. The Labute approximate surface area is 170 Å². The van der Waals surface area contributed by atoms with Crippen LogP contribution in [0.3, 0.4) is 0 Å². The molecule has 0 N–H and O–H groups in total. The van der Waals surface area contributed by atoms with E-state index in [2.05, 4.69) is 6.07 Å². The molecular weight excluding hydrogens is 354 g/mol. The minimum Gasteiger partial charge on any atom is -0.463 e. The first-order chi connectivity index (χ1) is 13.3. The van der Waals surface area contributed by atoms with Crippen LogP contribution in [0.1, 0.15) is 91.9 Å². The molecule has 2 aliphatic rings. The van der Waals surface area contributed by atoms with E-state index in [9.17, 15) is 14.9 Å². The number of hydrogen-bond donors (Lipinski definition) is 0. The predicted octanol–water partition coefficient (Wildman–Crippen LogP) is 5.18. The second kappa shape index (κ2) is 10.3. The molecule has 0 aromatic heterocycles. The van der Waals surface area contributed by atoms with Crippen LogP contribution in [0.2, 0.25) is 0 Å². The molecule has 2 unspecified atom stereocenters. The fraction of sp³-hybridized carbons (Fsp3) is 0.870. The van der Waals surface area contributed by atoms with Crippen LogP contribution < -0.4 is 0 Å². The fourth-order valence-corrected chi connectivity index (χ4v) is 5.15. The van der Waals surface area contributed by atoms with Crippen LogP contribution in [-0.4, -0.2) is 24.1 Å². The summed E-state index contributed by atoms with van der Waals surface area (Å²) in [5, 5.41) is 10.4. The van der Waals surface area contributed by atoms with Crippen molar-refractivity contribution in [2.75, 3.05) is 0 Å². The van der Waals surface area contributed by atoms with Crippen LogP contribution in [0, 0.1) is 34.5 Å². The van der Waals surface area contributed by atoms with Crippen molar-refractivity contribution in [2.45, 2.75) is 104 Å². The molecule has 2 rings (SSSR count). The smallest absolute Gasteiger partial charge is 0.327 e. The monoisotopic (exact) mass is 391 g/mol. The van der Waals surface area contributed by atoms with Crippen LogP contribution in [0.25, 0.3) is 0 Å². The van der Waals surface area contributed by atoms with E-state index in [1.165, 1.54) is 0 Å². The Hall–Kier alpha value is -1.57. The Kier molecular flexibility index (Phi) is 8.34. The van der Waals surface area contributed by atoms with Crippen LogP contribution in [0.4, 0.5) is 0 Å². The summed E-state index contributed by atoms with van der Waals surface area (Å²) in [7, 11) is 0.